The van der Waals surface area contributed by atoms with Crippen molar-refractivity contribution in [2.45, 2.75) is 38.6 Å². The van der Waals surface area contributed by atoms with Crippen molar-refractivity contribution in [1.82, 2.24) is 9.88 Å². The van der Waals surface area contributed by atoms with Gasteiger partial charge in [0, 0.05) is 23.1 Å². The highest BCUT2D eigenvalue weighted by atomic mass is 16.5. The van der Waals surface area contributed by atoms with E-state index in [9.17, 15) is 4.79 Å². The fourth-order valence-corrected chi connectivity index (χ4v) is 4.47. The molecule has 2 aliphatic rings. The Balaban J connectivity index is 1.70. The van der Waals surface area contributed by atoms with E-state index in [1.165, 1.54) is 28.6 Å². The van der Waals surface area contributed by atoms with E-state index in [0.29, 0.717) is 25.0 Å². The minimum Gasteiger partial charge on any atom is -0.466 e. The first kappa shape index (κ1) is 14.8. The Labute approximate surface area is 136 Å². The van der Waals surface area contributed by atoms with E-state index in [0.717, 1.165) is 25.9 Å². The minimum absolute atomic E-state index is 0.0532. The number of nitrogens with zero attached hydrogens (tertiary/aromatic N) is 1. The number of benzene rings is 1. The maximum Gasteiger partial charge on any atom is 0.306 e. The normalized spacial score (nSPS) is 24.2. The van der Waals surface area contributed by atoms with Crippen LogP contribution in [0.1, 0.15) is 43.5 Å². The molecule has 0 saturated carbocycles. The molecule has 4 nitrogen and oxygen atoms in total. The molecule has 23 heavy (non-hydrogen) atoms. The zero-order valence-electron chi connectivity index (χ0n) is 13.7. The molecule has 1 fully saturated rings. The molecule has 4 rings (SSSR count). The highest BCUT2D eigenvalue weighted by molar-refractivity contribution is 5.85. The first-order chi connectivity index (χ1) is 11.3. The number of hydrogen-bond acceptors (Lipinski definition) is 3. The molecule has 122 valence electrons. The summed E-state index contributed by atoms with van der Waals surface area (Å²) in [7, 11) is 0. The lowest BCUT2D eigenvalue weighted by atomic mass is 9.81. The molecule has 0 radical (unpaired) electrons. The summed E-state index contributed by atoms with van der Waals surface area (Å²) < 4.78 is 5.20. The average Bonchev–Trinajstić information content (AvgIpc) is 2.94. The van der Waals surface area contributed by atoms with Gasteiger partial charge in [0.2, 0.25) is 0 Å². The van der Waals surface area contributed by atoms with Crippen molar-refractivity contribution in [3.63, 3.8) is 0 Å². The van der Waals surface area contributed by atoms with Gasteiger partial charge in [-0.15, -0.1) is 0 Å². The van der Waals surface area contributed by atoms with Crippen molar-refractivity contribution in [3.8, 4) is 0 Å². The number of carbonyl (C=O) groups excluding carboxylic acids is 1. The lowest BCUT2D eigenvalue weighted by Gasteiger charge is -2.44. The maximum absolute atomic E-state index is 12.0. The van der Waals surface area contributed by atoms with Crippen molar-refractivity contribution >= 4 is 16.9 Å². The first-order valence-corrected chi connectivity index (χ1v) is 8.77. The zero-order valence-corrected chi connectivity index (χ0v) is 13.7. The van der Waals surface area contributed by atoms with Gasteiger partial charge in [-0.05, 0) is 50.3 Å². The molecule has 2 atom stereocenters. The third-order valence-corrected chi connectivity index (χ3v) is 5.39. The van der Waals surface area contributed by atoms with Gasteiger partial charge in [-0.25, -0.2) is 0 Å². The number of aromatic nitrogens is 1. The van der Waals surface area contributed by atoms with Crippen LogP contribution in [-0.4, -0.2) is 35.5 Å². The van der Waals surface area contributed by atoms with Gasteiger partial charge in [-0.1, -0.05) is 18.2 Å². The Hall–Kier alpha value is -1.81. The third kappa shape index (κ3) is 2.55. The smallest absolute Gasteiger partial charge is 0.306 e. The van der Waals surface area contributed by atoms with Crippen LogP contribution in [0.15, 0.2) is 24.3 Å². The highest BCUT2D eigenvalue weighted by Crippen LogP contribution is 2.43. The quantitative estimate of drug-likeness (QED) is 0.883. The van der Waals surface area contributed by atoms with Crippen LogP contribution < -0.4 is 0 Å². The van der Waals surface area contributed by atoms with Crippen molar-refractivity contribution in [3.05, 3.63) is 35.5 Å². The van der Waals surface area contributed by atoms with Crippen molar-refractivity contribution in [1.29, 1.82) is 0 Å². The number of esters is 1. The second-order valence-electron chi connectivity index (χ2n) is 6.71. The summed E-state index contributed by atoms with van der Waals surface area (Å²) in [5, 5.41) is 1.35. The van der Waals surface area contributed by atoms with Gasteiger partial charge >= 0.3 is 5.97 Å². The molecule has 2 unspecified atom stereocenters. The van der Waals surface area contributed by atoms with Gasteiger partial charge in [0.15, 0.2) is 0 Å². The Bertz CT molecular complexity index is 721. The van der Waals surface area contributed by atoms with Crippen LogP contribution in [0.4, 0.5) is 0 Å². The molecule has 0 spiro atoms. The molecule has 3 heterocycles. The van der Waals surface area contributed by atoms with Gasteiger partial charge in [0.25, 0.3) is 0 Å². The summed E-state index contributed by atoms with van der Waals surface area (Å²) >= 11 is 0. The molecular weight excluding hydrogens is 288 g/mol. The molecule has 1 N–H and O–H groups in total. The predicted octanol–water partition coefficient (Wildman–Crippen LogP) is 3.43. The van der Waals surface area contributed by atoms with E-state index in [-0.39, 0.29) is 5.97 Å². The molecule has 0 aliphatic carbocycles. The highest BCUT2D eigenvalue weighted by Gasteiger charge is 2.39. The van der Waals surface area contributed by atoms with E-state index >= 15 is 0 Å². The van der Waals surface area contributed by atoms with Gasteiger partial charge < -0.3 is 9.72 Å². The Morgan fingerprint density at radius 3 is 3.09 bits per heavy atom. The summed E-state index contributed by atoms with van der Waals surface area (Å²) in [6.07, 6.45) is 3.91. The number of hydrogen-bond donors (Lipinski definition) is 1. The van der Waals surface area contributed by atoms with Crippen molar-refractivity contribution in [2.75, 3.05) is 19.7 Å². The Morgan fingerprint density at radius 1 is 1.35 bits per heavy atom. The molecule has 1 aromatic carbocycles. The van der Waals surface area contributed by atoms with E-state index in [2.05, 4.69) is 34.1 Å². The van der Waals surface area contributed by atoms with Crippen LogP contribution in [0.2, 0.25) is 0 Å². The van der Waals surface area contributed by atoms with E-state index in [4.69, 9.17) is 4.74 Å². The summed E-state index contributed by atoms with van der Waals surface area (Å²) in [6, 6.07) is 8.90. The molecule has 1 saturated heterocycles. The number of H-pyrrole nitrogens is 1. The summed E-state index contributed by atoms with van der Waals surface area (Å²) in [5.41, 5.74) is 4.02. The van der Waals surface area contributed by atoms with Crippen molar-refractivity contribution < 1.29 is 9.53 Å². The van der Waals surface area contributed by atoms with Gasteiger partial charge in [0.1, 0.15) is 0 Å². The fourth-order valence-electron chi connectivity index (χ4n) is 4.47. The number of carbonyl (C=O) groups is 1. The van der Waals surface area contributed by atoms with Crippen LogP contribution in [0.3, 0.4) is 0 Å². The maximum atomic E-state index is 12.0. The van der Waals surface area contributed by atoms with Crippen LogP contribution in [0, 0.1) is 5.92 Å². The molecule has 0 bridgehead atoms. The number of ether oxygens (including phenoxy) is 1. The third-order valence-electron chi connectivity index (χ3n) is 5.39. The Morgan fingerprint density at radius 2 is 2.22 bits per heavy atom. The SMILES string of the molecule is CCOC(=O)CC1CCCN2CCc3c([nH]c4ccccc34)C12. The van der Waals surface area contributed by atoms with Crippen LogP contribution >= 0.6 is 0 Å². The minimum atomic E-state index is -0.0532. The topological polar surface area (TPSA) is 45.3 Å². The predicted molar refractivity (Wildman–Crippen MR) is 90.3 cm³/mol. The second kappa shape index (κ2) is 6.00. The van der Waals surface area contributed by atoms with Gasteiger partial charge in [-0.3, -0.25) is 9.69 Å². The lowest BCUT2D eigenvalue weighted by molar-refractivity contribution is -0.145. The summed E-state index contributed by atoms with van der Waals surface area (Å²) in [4.78, 5) is 18.2. The largest absolute Gasteiger partial charge is 0.466 e. The van der Waals surface area contributed by atoms with E-state index < -0.39 is 0 Å². The fraction of sp³-hybridized carbons (Fsp3) is 0.526. The van der Waals surface area contributed by atoms with Gasteiger partial charge in [-0.2, -0.15) is 0 Å². The number of rotatable bonds is 3. The molecule has 2 aromatic rings. The number of aromatic amines is 1. The summed E-state index contributed by atoms with van der Waals surface area (Å²) in [6.45, 7) is 4.58. The van der Waals surface area contributed by atoms with Crippen molar-refractivity contribution in [2.24, 2.45) is 5.92 Å². The number of fused-ring (bicyclic) bond motifs is 5. The molecule has 4 heteroatoms. The van der Waals surface area contributed by atoms with Crippen LogP contribution in [-0.2, 0) is 16.0 Å². The van der Waals surface area contributed by atoms with E-state index in [1.54, 1.807) is 0 Å². The molecule has 1 aromatic heterocycles. The van der Waals surface area contributed by atoms with Gasteiger partial charge in [0.05, 0.1) is 19.1 Å². The molecule has 2 aliphatic heterocycles. The molecular formula is C19H24N2O2. The number of para-hydroxylation sites is 1. The number of nitrogens with one attached hydrogen (secondary N) is 1. The van der Waals surface area contributed by atoms with Crippen LogP contribution in [0.5, 0.6) is 0 Å². The number of piperidine rings is 1. The second-order valence-corrected chi connectivity index (χ2v) is 6.71. The lowest BCUT2D eigenvalue weighted by Crippen LogP contribution is -2.43. The zero-order chi connectivity index (χ0) is 15.8. The Kier molecular flexibility index (Phi) is 3.85. The molecule has 0 amide bonds. The standard InChI is InChI=1S/C19H24N2O2/c1-2-23-17(22)12-13-6-5-10-21-11-9-15-14-7-3-4-8-16(14)20-18(15)19(13)21/h3-4,7-8,13,19-20H,2,5-6,9-12H2,1H3. The summed E-state index contributed by atoms with van der Waals surface area (Å²) in [5.74, 6) is 0.303. The monoisotopic (exact) mass is 312 g/mol. The average molecular weight is 312 g/mol. The van der Waals surface area contributed by atoms with E-state index in [1.807, 2.05) is 6.92 Å². The van der Waals surface area contributed by atoms with Crippen LogP contribution in [0.25, 0.3) is 10.9 Å². The first-order valence-electron chi connectivity index (χ1n) is 8.77.